The Labute approximate surface area is 100 Å². The van der Waals surface area contributed by atoms with Crippen molar-refractivity contribution < 1.29 is 14.6 Å². The summed E-state index contributed by atoms with van der Waals surface area (Å²) in [5, 5.41) is 18.1. The van der Waals surface area contributed by atoms with E-state index in [9.17, 15) is 4.79 Å². The highest BCUT2D eigenvalue weighted by molar-refractivity contribution is 5.84. The number of carboxylic acid groups (broad SMARTS) is 1. The fourth-order valence-electron chi connectivity index (χ4n) is 1.51. The summed E-state index contributed by atoms with van der Waals surface area (Å²) >= 11 is 0. The third-order valence-electron chi connectivity index (χ3n) is 2.70. The van der Waals surface area contributed by atoms with Crippen molar-refractivity contribution in [3.05, 3.63) is 29.3 Å². The van der Waals surface area contributed by atoms with Crippen molar-refractivity contribution >= 4 is 5.97 Å². The molecular weight excluding hydrogens is 218 g/mol. The number of hydrogen-bond acceptors (Lipinski definition) is 3. The first kappa shape index (κ1) is 13.0. The number of benzene rings is 1. The van der Waals surface area contributed by atoms with Crippen LogP contribution in [0.2, 0.25) is 0 Å². The van der Waals surface area contributed by atoms with E-state index >= 15 is 0 Å². The maximum atomic E-state index is 11.1. The van der Waals surface area contributed by atoms with Crippen LogP contribution in [0.3, 0.4) is 0 Å². The number of aliphatic carboxylic acids is 1. The minimum Gasteiger partial charge on any atom is -0.494 e. The second-order valence-electron chi connectivity index (χ2n) is 3.96. The summed E-state index contributed by atoms with van der Waals surface area (Å²) in [7, 11) is 0. The summed E-state index contributed by atoms with van der Waals surface area (Å²) in [6.07, 6.45) is 0. The minimum absolute atomic E-state index is 0.466. The van der Waals surface area contributed by atoms with Crippen LogP contribution in [0, 0.1) is 18.3 Å². The van der Waals surface area contributed by atoms with Crippen LogP contribution < -0.4 is 4.74 Å². The van der Waals surface area contributed by atoms with Gasteiger partial charge in [-0.05, 0) is 38.0 Å². The van der Waals surface area contributed by atoms with E-state index in [1.807, 2.05) is 19.9 Å². The van der Waals surface area contributed by atoms with E-state index in [0.29, 0.717) is 17.9 Å². The molecule has 0 aliphatic heterocycles. The molecule has 1 unspecified atom stereocenters. The summed E-state index contributed by atoms with van der Waals surface area (Å²) in [5.74, 6) is -0.439. The molecule has 1 aromatic carbocycles. The van der Waals surface area contributed by atoms with Crippen LogP contribution in [-0.4, -0.2) is 17.7 Å². The average Bonchev–Trinajstić information content (AvgIpc) is 2.30. The van der Waals surface area contributed by atoms with Crippen LogP contribution >= 0.6 is 0 Å². The van der Waals surface area contributed by atoms with E-state index in [1.165, 1.54) is 6.92 Å². The van der Waals surface area contributed by atoms with E-state index < -0.39 is 11.4 Å². The van der Waals surface area contributed by atoms with Gasteiger partial charge in [0.25, 0.3) is 0 Å². The number of nitrogens with zero attached hydrogens (tertiary/aromatic N) is 1. The predicted octanol–water partition coefficient (Wildman–Crippen LogP) is 2.26. The Hall–Kier alpha value is -2.02. The van der Waals surface area contributed by atoms with Crippen molar-refractivity contribution in [3.8, 4) is 11.8 Å². The first-order chi connectivity index (χ1) is 7.95. The van der Waals surface area contributed by atoms with Gasteiger partial charge in [-0.25, -0.2) is 0 Å². The van der Waals surface area contributed by atoms with Crippen molar-refractivity contribution in [3.63, 3.8) is 0 Å². The molecule has 0 fully saturated rings. The molecule has 0 aliphatic rings. The number of aryl methyl sites for hydroxylation is 1. The molecule has 17 heavy (non-hydrogen) atoms. The molecule has 4 nitrogen and oxygen atoms in total. The molecule has 0 radical (unpaired) electrons. The van der Waals surface area contributed by atoms with Crippen molar-refractivity contribution in [1.29, 1.82) is 5.26 Å². The lowest BCUT2D eigenvalue weighted by Gasteiger charge is -2.18. The van der Waals surface area contributed by atoms with Gasteiger partial charge in [0.2, 0.25) is 0 Å². The molecular formula is C13H15NO3. The highest BCUT2D eigenvalue weighted by Gasteiger charge is 2.35. The quantitative estimate of drug-likeness (QED) is 0.865. The Balaban J connectivity index is 3.22. The highest BCUT2D eigenvalue weighted by atomic mass is 16.5. The molecule has 0 saturated heterocycles. The van der Waals surface area contributed by atoms with Gasteiger partial charge < -0.3 is 9.84 Å². The summed E-state index contributed by atoms with van der Waals surface area (Å²) in [4.78, 5) is 11.1. The Morgan fingerprint density at radius 3 is 2.65 bits per heavy atom. The van der Waals surface area contributed by atoms with Gasteiger partial charge in [-0.2, -0.15) is 5.26 Å². The first-order valence-electron chi connectivity index (χ1n) is 5.34. The molecule has 0 aromatic heterocycles. The molecule has 90 valence electrons. The van der Waals surface area contributed by atoms with Crippen LogP contribution in [0.15, 0.2) is 18.2 Å². The van der Waals surface area contributed by atoms with Gasteiger partial charge in [0, 0.05) is 0 Å². The normalized spacial score (nSPS) is 13.5. The number of carbonyl (C=O) groups is 1. The van der Waals surface area contributed by atoms with Crippen molar-refractivity contribution in [1.82, 2.24) is 0 Å². The van der Waals surface area contributed by atoms with Gasteiger partial charge in [-0.1, -0.05) is 12.1 Å². The largest absolute Gasteiger partial charge is 0.494 e. The lowest BCUT2D eigenvalue weighted by Crippen LogP contribution is -2.30. The van der Waals surface area contributed by atoms with E-state index in [1.54, 1.807) is 18.2 Å². The van der Waals surface area contributed by atoms with E-state index in [2.05, 4.69) is 0 Å². The van der Waals surface area contributed by atoms with E-state index in [-0.39, 0.29) is 0 Å². The Morgan fingerprint density at radius 2 is 2.24 bits per heavy atom. The maximum absolute atomic E-state index is 11.1. The smallest absolute Gasteiger partial charge is 0.328 e. The van der Waals surface area contributed by atoms with Gasteiger partial charge in [-0.15, -0.1) is 0 Å². The molecule has 0 bridgehead atoms. The molecule has 1 N–H and O–H groups in total. The number of ether oxygens (including phenoxy) is 1. The fourth-order valence-corrected chi connectivity index (χ4v) is 1.51. The summed E-state index contributed by atoms with van der Waals surface area (Å²) < 4.78 is 5.37. The SMILES string of the molecule is CCOc1ccc(C(C)(C#N)C(=O)O)cc1C. The van der Waals surface area contributed by atoms with Crippen molar-refractivity contribution in [2.45, 2.75) is 26.2 Å². The Bertz CT molecular complexity index is 476. The molecule has 4 heteroatoms. The standard InChI is InChI=1S/C13H15NO3/c1-4-17-11-6-5-10(7-9(11)2)13(3,8-14)12(15)16/h5-7H,4H2,1-3H3,(H,15,16). The lowest BCUT2D eigenvalue weighted by atomic mass is 9.83. The molecule has 1 aromatic rings. The summed E-state index contributed by atoms with van der Waals surface area (Å²) in [6, 6.07) is 6.84. The van der Waals surface area contributed by atoms with Crippen LogP contribution in [0.5, 0.6) is 5.75 Å². The van der Waals surface area contributed by atoms with Gasteiger partial charge in [0.05, 0.1) is 12.7 Å². The summed E-state index contributed by atoms with van der Waals surface area (Å²) in [6.45, 7) is 5.65. The molecule has 1 atom stereocenters. The van der Waals surface area contributed by atoms with Gasteiger partial charge in [0.15, 0.2) is 5.41 Å². The summed E-state index contributed by atoms with van der Waals surface area (Å²) in [5.41, 5.74) is -0.226. The number of nitriles is 1. The molecule has 0 amide bonds. The molecule has 1 rings (SSSR count). The second kappa shape index (κ2) is 4.88. The number of carboxylic acids is 1. The van der Waals surface area contributed by atoms with Crippen LogP contribution in [0.25, 0.3) is 0 Å². The zero-order chi connectivity index (χ0) is 13.1. The zero-order valence-electron chi connectivity index (χ0n) is 10.2. The second-order valence-corrected chi connectivity index (χ2v) is 3.96. The van der Waals surface area contributed by atoms with Gasteiger partial charge in [0.1, 0.15) is 5.75 Å². The van der Waals surface area contributed by atoms with E-state index in [0.717, 1.165) is 5.56 Å². The van der Waals surface area contributed by atoms with Crippen molar-refractivity contribution in [2.75, 3.05) is 6.61 Å². The lowest BCUT2D eigenvalue weighted by molar-refractivity contribution is -0.141. The molecule has 0 heterocycles. The third kappa shape index (κ3) is 2.39. The number of rotatable bonds is 4. The van der Waals surface area contributed by atoms with Crippen LogP contribution in [0.4, 0.5) is 0 Å². The predicted molar refractivity (Wildman–Crippen MR) is 62.9 cm³/mol. The first-order valence-corrected chi connectivity index (χ1v) is 5.34. The van der Waals surface area contributed by atoms with Gasteiger partial charge in [-0.3, -0.25) is 4.79 Å². The zero-order valence-corrected chi connectivity index (χ0v) is 10.2. The van der Waals surface area contributed by atoms with Crippen LogP contribution in [-0.2, 0) is 10.2 Å². The average molecular weight is 233 g/mol. The monoisotopic (exact) mass is 233 g/mol. The molecule has 0 aliphatic carbocycles. The maximum Gasteiger partial charge on any atom is 0.328 e. The Morgan fingerprint density at radius 1 is 1.59 bits per heavy atom. The molecule has 0 saturated carbocycles. The van der Waals surface area contributed by atoms with Crippen LogP contribution in [0.1, 0.15) is 25.0 Å². The topological polar surface area (TPSA) is 70.3 Å². The van der Waals surface area contributed by atoms with Gasteiger partial charge >= 0.3 is 5.97 Å². The number of hydrogen-bond donors (Lipinski definition) is 1. The van der Waals surface area contributed by atoms with E-state index in [4.69, 9.17) is 15.1 Å². The minimum atomic E-state index is -1.52. The van der Waals surface area contributed by atoms with Crippen molar-refractivity contribution in [2.24, 2.45) is 0 Å². The Kier molecular flexibility index (Phi) is 3.74. The molecule has 0 spiro atoms. The highest BCUT2D eigenvalue weighted by Crippen LogP contribution is 2.28. The fraction of sp³-hybridized carbons (Fsp3) is 0.385. The third-order valence-corrected chi connectivity index (χ3v) is 2.70.